The lowest BCUT2D eigenvalue weighted by atomic mass is 9.97. The molecule has 1 aromatic rings. The molecule has 11 nitrogen and oxygen atoms in total. The quantitative estimate of drug-likeness (QED) is 0.155. The Morgan fingerprint density at radius 3 is 2.21 bits per heavy atom. The van der Waals surface area contributed by atoms with Crippen LogP contribution in [-0.2, 0) is 28.7 Å². The van der Waals surface area contributed by atoms with Gasteiger partial charge < -0.3 is 30.7 Å². The first-order valence-electron chi connectivity index (χ1n) is 15.4. The Bertz CT molecular complexity index is 1050. The van der Waals surface area contributed by atoms with Crippen molar-refractivity contribution in [3.8, 4) is 0 Å². The van der Waals surface area contributed by atoms with E-state index in [1.165, 1.54) is 4.90 Å². The summed E-state index contributed by atoms with van der Waals surface area (Å²) in [5.74, 6) is -2.07. The molecular weight excluding hydrogens is 552 g/mol. The maximum absolute atomic E-state index is 14.3. The predicted molar refractivity (Wildman–Crippen MR) is 165 cm³/mol. The molecule has 0 saturated carbocycles. The largest absolute Gasteiger partial charge is 0.466 e. The van der Waals surface area contributed by atoms with Crippen molar-refractivity contribution in [2.75, 3.05) is 19.7 Å². The molecule has 0 fully saturated rings. The van der Waals surface area contributed by atoms with E-state index in [9.17, 15) is 24.0 Å². The predicted octanol–water partition coefficient (Wildman–Crippen LogP) is 4.45. The number of nitrogens with one attached hydrogen (secondary N) is 2. The molecular formula is C32H52N4O7. The van der Waals surface area contributed by atoms with Crippen molar-refractivity contribution < 1.29 is 33.4 Å². The highest BCUT2D eigenvalue weighted by molar-refractivity contribution is 5.92. The van der Waals surface area contributed by atoms with Gasteiger partial charge in [0.15, 0.2) is 0 Å². The molecule has 11 heteroatoms. The van der Waals surface area contributed by atoms with E-state index in [4.69, 9.17) is 15.2 Å². The van der Waals surface area contributed by atoms with Gasteiger partial charge in [0, 0.05) is 19.5 Å². The molecule has 0 radical (unpaired) electrons. The number of ether oxygens (including phenoxy) is 2. The second kappa shape index (κ2) is 19.5. The zero-order valence-corrected chi connectivity index (χ0v) is 26.8. The van der Waals surface area contributed by atoms with Crippen LogP contribution in [0.2, 0.25) is 0 Å². The molecule has 0 aliphatic carbocycles. The first-order valence-corrected chi connectivity index (χ1v) is 15.4. The molecule has 4 N–H and O–H groups in total. The minimum atomic E-state index is -1.17. The van der Waals surface area contributed by atoms with Crippen molar-refractivity contribution in [3.05, 3.63) is 35.4 Å². The summed E-state index contributed by atoms with van der Waals surface area (Å²) >= 11 is 0. The molecule has 242 valence electrons. The van der Waals surface area contributed by atoms with Crippen LogP contribution in [0.15, 0.2) is 24.3 Å². The lowest BCUT2D eigenvalue weighted by molar-refractivity contribution is -0.144. The highest BCUT2D eigenvalue weighted by Crippen LogP contribution is 2.27. The second-order valence-corrected chi connectivity index (χ2v) is 11.6. The number of aryl methyl sites for hydroxylation is 1. The first kappa shape index (κ1) is 37.4. The number of carbonyl (C=O) groups is 5. The van der Waals surface area contributed by atoms with Gasteiger partial charge in [-0.05, 0) is 58.6 Å². The summed E-state index contributed by atoms with van der Waals surface area (Å²) in [5, 5.41) is 5.40. The van der Waals surface area contributed by atoms with Crippen LogP contribution >= 0.6 is 0 Å². The van der Waals surface area contributed by atoms with E-state index in [1.54, 1.807) is 39.8 Å². The molecule has 2 atom stereocenters. The van der Waals surface area contributed by atoms with Crippen molar-refractivity contribution in [2.45, 2.75) is 117 Å². The molecule has 4 amide bonds. The number of nitrogens with two attached hydrogens (primary N) is 1. The number of nitrogens with zero attached hydrogens (tertiary/aromatic N) is 1. The van der Waals surface area contributed by atoms with E-state index < -0.39 is 47.5 Å². The highest BCUT2D eigenvalue weighted by atomic mass is 16.6. The van der Waals surface area contributed by atoms with Crippen LogP contribution in [-0.4, -0.2) is 66.0 Å². The summed E-state index contributed by atoms with van der Waals surface area (Å²) < 4.78 is 10.4. The topological polar surface area (TPSA) is 157 Å². The lowest BCUT2D eigenvalue weighted by Crippen LogP contribution is -2.53. The van der Waals surface area contributed by atoms with E-state index in [1.807, 2.05) is 19.1 Å². The van der Waals surface area contributed by atoms with Crippen molar-refractivity contribution in [1.29, 1.82) is 0 Å². The Morgan fingerprint density at radius 1 is 0.953 bits per heavy atom. The Hall–Kier alpha value is -3.63. The fraction of sp³-hybridized carbons (Fsp3) is 0.656. The molecule has 0 heterocycles. The van der Waals surface area contributed by atoms with Gasteiger partial charge in [-0.25, -0.2) is 4.79 Å². The molecule has 43 heavy (non-hydrogen) atoms. The zero-order chi connectivity index (χ0) is 32.4. The standard InChI is InChI=1S/C32H52N4O7/c1-7-9-10-11-12-15-22-36(30(40)25(18-19-26(33)37)35-31(41)43-32(4,5)6)28(24-17-14-13-16-23(24)3)29(39)34-21-20-27(38)42-8-2/h13-14,16-17,25,28H,7-12,15,18-22H2,1-6H3,(H2,33,37)(H,34,39)(H,35,41). The highest BCUT2D eigenvalue weighted by Gasteiger charge is 2.36. The average molecular weight is 605 g/mol. The fourth-order valence-electron chi connectivity index (χ4n) is 4.58. The van der Waals surface area contributed by atoms with Crippen LogP contribution in [0.3, 0.4) is 0 Å². The summed E-state index contributed by atoms with van der Waals surface area (Å²) in [6.07, 6.45) is 4.69. The SMILES string of the molecule is CCCCCCCCN(C(=O)C(CCC(N)=O)NC(=O)OC(C)(C)C)C(C(=O)NCCC(=O)OCC)c1ccccc1C. The summed E-state index contributed by atoms with van der Waals surface area (Å²) in [6.45, 7) is 11.3. The number of primary amides is 1. The maximum Gasteiger partial charge on any atom is 0.408 e. The normalized spacial score (nSPS) is 12.5. The summed E-state index contributed by atoms with van der Waals surface area (Å²) in [4.78, 5) is 65.9. The molecule has 0 saturated heterocycles. The maximum atomic E-state index is 14.3. The average Bonchev–Trinajstić information content (AvgIpc) is 2.91. The van der Waals surface area contributed by atoms with Crippen LogP contribution in [0.4, 0.5) is 4.79 Å². The fourth-order valence-corrected chi connectivity index (χ4v) is 4.58. The van der Waals surface area contributed by atoms with Gasteiger partial charge in [0.25, 0.3) is 0 Å². The Kier molecular flexibility index (Phi) is 17.0. The number of amides is 4. The van der Waals surface area contributed by atoms with Crippen LogP contribution in [0.5, 0.6) is 0 Å². The number of alkyl carbamates (subject to hydrolysis) is 1. The molecule has 1 aromatic carbocycles. The Labute approximate surface area is 256 Å². The molecule has 0 aliphatic heterocycles. The monoisotopic (exact) mass is 604 g/mol. The van der Waals surface area contributed by atoms with Gasteiger partial charge in [-0.2, -0.15) is 0 Å². The van der Waals surface area contributed by atoms with Crippen molar-refractivity contribution in [3.63, 3.8) is 0 Å². The number of hydrogen-bond acceptors (Lipinski definition) is 7. The van der Waals surface area contributed by atoms with E-state index in [2.05, 4.69) is 17.6 Å². The van der Waals surface area contributed by atoms with Crippen molar-refractivity contribution >= 4 is 29.8 Å². The number of unbranched alkanes of at least 4 members (excludes halogenated alkanes) is 5. The van der Waals surface area contributed by atoms with Gasteiger partial charge in [0.05, 0.1) is 13.0 Å². The summed E-state index contributed by atoms with van der Waals surface area (Å²) in [5.41, 5.74) is 5.99. The molecule has 0 aromatic heterocycles. The minimum Gasteiger partial charge on any atom is -0.466 e. The third-order valence-corrected chi connectivity index (χ3v) is 6.68. The van der Waals surface area contributed by atoms with E-state index in [0.717, 1.165) is 37.7 Å². The molecule has 2 unspecified atom stereocenters. The Balaban J connectivity index is 3.46. The van der Waals surface area contributed by atoms with Gasteiger partial charge >= 0.3 is 12.1 Å². The van der Waals surface area contributed by atoms with E-state index in [-0.39, 0.29) is 39.0 Å². The van der Waals surface area contributed by atoms with Crippen LogP contribution in [0.1, 0.15) is 110 Å². The van der Waals surface area contributed by atoms with E-state index in [0.29, 0.717) is 12.0 Å². The number of hydrogen-bond donors (Lipinski definition) is 3. The number of carbonyl (C=O) groups excluding carboxylic acids is 5. The van der Waals surface area contributed by atoms with Gasteiger partial charge in [-0.3, -0.25) is 19.2 Å². The van der Waals surface area contributed by atoms with Crippen LogP contribution in [0, 0.1) is 6.92 Å². The number of esters is 1. The first-order chi connectivity index (χ1) is 20.3. The molecule has 0 aliphatic rings. The number of rotatable bonds is 19. The second-order valence-electron chi connectivity index (χ2n) is 11.6. The van der Waals surface area contributed by atoms with Crippen LogP contribution < -0.4 is 16.4 Å². The third-order valence-electron chi connectivity index (χ3n) is 6.68. The third kappa shape index (κ3) is 14.9. The molecule has 1 rings (SSSR count). The van der Waals surface area contributed by atoms with Gasteiger partial charge in [0.1, 0.15) is 17.7 Å². The lowest BCUT2D eigenvalue weighted by Gasteiger charge is -2.35. The van der Waals surface area contributed by atoms with E-state index >= 15 is 0 Å². The van der Waals surface area contributed by atoms with Gasteiger partial charge in [-0.1, -0.05) is 63.3 Å². The van der Waals surface area contributed by atoms with Gasteiger partial charge in [-0.15, -0.1) is 0 Å². The molecule has 0 spiro atoms. The Morgan fingerprint density at radius 2 is 1.60 bits per heavy atom. The number of benzene rings is 1. The zero-order valence-electron chi connectivity index (χ0n) is 26.8. The minimum absolute atomic E-state index is 0.0209. The van der Waals surface area contributed by atoms with Crippen LogP contribution in [0.25, 0.3) is 0 Å². The smallest absolute Gasteiger partial charge is 0.408 e. The van der Waals surface area contributed by atoms with Gasteiger partial charge in [0.2, 0.25) is 17.7 Å². The van der Waals surface area contributed by atoms with Crippen molar-refractivity contribution in [1.82, 2.24) is 15.5 Å². The summed E-state index contributed by atoms with van der Waals surface area (Å²) in [7, 11) is 0. The molecule has 0 bridgehead atoms. The van der Waals surface area contributed by atoms with Crippen molar-refractivity contribution in [2.24, 2.45) is 5.73 Å². The summed E-state index contributed by atoms with van der Waals surface area (Å²) in [6, 6.07) is 5.05.